The minimum Gasteiger partial charge on any atom is -0.308 e. The maximum absolute atomic E-state index is 11.9. The molecule has 0 bridgehead atoms. The zero-order valence-corrected chi connectivity index (χ0v) is 11.4. The van der Waals surface area contributed by atoms with Crippen LogP contribution < -0.4 is 10.6 Å². The Labute approximate surface area is 113 Å². The zero-order chi connectivity index (χ0) is 13.8. The number of carbonyl (C=O) groups is 1. The Balaban J connectivity index is 2.03. The third kappa shape index (κ3) is 3.58. The molecule has 0 fully saturated rings. The second-order valence-corrected chi connectivity index (χ2v) is 4.76. The third-order valence-electron chi connectivity index (χ3n) is 2.94. The van der Waals surface area contributed by atoms with Crippen LogP contribution >= 0.6 is 0 Å². The molecule has 19 heavy (non-hydrogen) atoms. The first kappa shape index (κ1) is 13.1. The van der Waals surface area contributed by atoms with E-state index < -0.39 is 0 Å². The molecular formula is C16H18N2O. The van der Waals surface area contributed by atoms with Gasteiger partial charge in [0.2, 0.25) is 0 Å². The average Bonchev–Trinajstić information content (AvgIpc) is 2.36. The molecule has 2 aromatic carbocycles. The first-order chi connectivity index (χ1) is 9.04. The van der Waals surface area contributed by atoms with Crippen molar-refractivity contribution in [2.45, 2.75) is 20.8 Å². The van der Waals surface area contributed by atoms with Crippen molar-refractivity contribution in [1.82, 2.24) is 0 Å². The Kier molecular flexibility index (Phi) is 3.85. The van der Waals surface area contributed by atoms with Gasteiger partial charge in [0.1, 0.15) is 0 Å². The van der Waals surface area contributed by atoms with Crippen LogP contribution in [0.5, 0.6) is 0 Å². The Morgan fingerprint density at radius 2 is 1.47 bits per heavy atom. The lowest BCUT2D eigenvalue weighted by molar-refractivity contribution is 0.262. The van der Waals surface area contributed by atoms with E-state index >= 15 is 0 Å². The van der Waals surface area contributed by atoms with Gasteiger partial charge in [0.25, 0.3) is 0 Å². The number of carbonyl (C=O) groups excluding carboxylic acids is 1. The second-order valence-electron chi connectivity index (χ2n) is 4.76. The lowest BCUT2D eigenvalue weighted by Crippen LogP contribution is -2.19. The fourth-order valence-electron chi connectivity index (χ4n) is 1.88. The molecule has 0 saturated carbocycles. The molecule has 0 spiro atoms. The lowest BCUT2D eigenvalue weighted by Gasteiger charge is -2.10. The van der Waals surface area contributed by atoms with E-state index in [0.717, 1.165) is 16.9 Å². The fraction of sp³-hybridized carbons (Fsp3) is 0.188. The van der Waals surface area contributed by atoms with E-state index in [1.54, 1.807) is 0 Å². The summed E-state index contributed by atoms with van der Waals surface area (Å²) >= 11 is 0. The van der Waals surface area contributed by atoms with Crippen LogP contribution in [0.15, 0.2) is 42.5 Å². The van der Waals surface area contributed by atoms with E-state index in [2.05, 4.69) is 10.6 Å². The van der Waals surface area contributed by atoms with E-state index in [4.69, 9.17) is 0 Å². The molecule has 0 unspecified atom stereocenters. The van der Waals surface area contributed by atoms with E-state index in [-0.39, 0.29) is 6.03 Å². The quantitative estimate of drug-likeness (QED) is 0.826. The number of benzene rings is 2. The Morgan fingerprint density at radius 3 is 2.11 bits per heavy atom. The highest BCUT2D eigenvalue weighted by atomic mass is 16.2. The fourth-order valence-corrected chi connectivity index (χ4v) is 1.88. The third-order valence-corrected chi connectivity index (χ3v) is 2.94. The molecule has 0 saturated heterocycles. The number of amides is 2. The molecule has 2 amide bonds. The summed E-state index contributed by atoms with van der Waals surface area (Å²) in [6.45, 7) is 6.02. The van der Waals surface area contributed by atoms with E-state index in [1.807, 2.05) is 63.2 Å². The van der Waals surface area contributed by atoms with Gasteiger partial charge in [-0.05, 0) is 44.5 Å². The van der Waals surface area contributed by atoms with Crippen LogP contribution in [0.1, 0.15) is 16.7 Å². The van der Waals surface area contributed by atoms with Gasteiger partial charge in [-0.1, -0.05) is 35.4 Å². The lowest BCUT2D eigenvalue weighted by atomic mass is 10.1. The highest BCUT2D eigenvalue weighted by molar-refractivity contribution is 6.00. The van der Waals surface area contributed by atoms with E-state index in [1.165, 1.54) is 11.1 Å². The topological polar surface area (TPSA) is 41.1 Å². The Hall–Kier alpha value is -2.29. The maximum atomic E-state index is 11.9. The summed E-state index contributed by atoms with van der Waals surface area (Å²) in [5.41, 5.74) is 5.02. The molecule has 0 atom stereocenters. The molecule has 3 nitrogen and oxygen atoms in total. The van der Waals surface area contributed by atoms with Crippen molar-refractivity contribution in [3.63, 3.8) is 0 Å². The van der Waals surface area contributed by atoms with Gasteiger partial charge in [0, 0.05) is 11.4 Å². The number of hydrogen-bond donors (Lipinski definition) is 2. The molecule has 0 aliphatic rings. The van der Waals surface area contributed by atoms with E-state index in [0.29, 0.717) is 0 Å². The maximum Gasteiger partial charge on any atom is 0.323 e. The number of aryl methyl sites for hydroxylation is 3. The minimum absolute atomic E-state index is 0.226. The molecule has 0 radical (unpaired) electrons. The number of anilines is 2. The summed E-state index contributed by atoms with van der Waals surface area (Å²) in [6.07, 6.45) is 0. The first-order valence-corrected chi connectivity index (χ1v) is 6.26. The molecule has 3 heteroatoms. The normalized spacial score (nSPS) is 10.1. The van der Waals surface area contributed by atoms with Gasteiger partial charge in [-0.25, -0.2) is 4.79 Å². The van der Waals surface area contributed by atoms with Crippen LogP contribution in [0.2, 0.25) is 0 Å². The largest absolute Gasteiger partial charge is 0.323 e. The molecule has 0 aliphatic heterocycles. The summed E-state index contributed by atoms with van der Waals surface area (Å²) in [5.74, 6) is 0. The van der Waals surface area contributed by atoms with Crippen LogP contribution in [0.3, 0.4) is 0 Å². The molecule has 98 valence electrons. The molecule has 2 N–H and O–H groups in total. The number of urea groups is 1. The molecule has 2 aromatic rings. The van der Waals surface area contributed by atoms with Crippen LogP contribution in [-0.4, -0.2) is 6.03 Å². The van der Waals surface area contributed by atoms with Crippen LogP contribution in [0, 0.1) is 20.8 Å². The van der Waals surface area contributed by atoms with Crippen molar-refractivity contribution in [1.29, 1.82) is 0 Å². The van der Waals surface area contributed by atoms with Crippen molar-refractivity contribution >= 4 is 17.4 Å². The van der Waals surface area contributed by atoms with Gasteiger partial charge < -0.3 is 10.6 Å². The van der Waals surface area contributed by atoms with Crippen molar-refractivity contribution in [2.24, 2.45) is 0 Å². The monoisotopic (exact) mass is 254 g/mol. The van der Waals surface area contributed by atoms with Crippen molar-refractivity contribution < 1.29 is 4.79 Å². The predicted molar refractivity (Wildman–Crippen MR) is 79.7 cm³/mol. The van der Waals surface area contributed by atoms with Gasteiger partial charge >= 0.3 is 6.03 Å². The van der Waals surface area contributed by atoms with Gasteiger partial charge in [-0.2, -0.15) is 0 Å². The molecule has 0 aliphatic carbocycles. The highest BCUT2D eigenvalue weighted by Crippen LogP contribution is 2.16. The summed E-state index contributed by atoms with van der Waals surface area (Å²) in [6, 6.07) is 13.4. The number of nitrogens with one attached hydrogen (secondary N) is 2. The summed E-state index contributed by atoms with van der Waals surface area (Å²) in [5, 5.41) is 5.66. The minimum atomic E-state index is -0.226. The van der Waals surface area contributed by atoms with Gasteiger partial charge in [-0.3, -0.25) is 0 Å². The smallest absolute Gasteiger partial charge is 0.308 e. The van der Waals surface area contributed by atoms with Crippen molar-refractivity contribution in [3.8, 4) is 0 Å². The Bertz CT molecular complexity index is 588. The average molecular weight is 254 g/mol. The summed E-state index contributed by atoms with van der Waals surface area (Å²) in [7, 11) is 0. The van der Waals surface area contributed by atoms with Gasteiger partial charge in [-0.15, -0.1) is 0 Å². The van der Waals surface area contributed by atoms with Gasteiger partial charge in [0.05, 0.1) is 0 Å². The van der Waals surface area contributed by atoms with Crippen molar-refractivity contribution in [2.75, 3.05) is 10.6 Å². The van der Waals surface area contributed by atoms with Crippen LogP contribution in [0.4, 0.5) is 16.2 Å². The first-order valence-electron chi connectivity index (χ1n) is 6.26. The van der Waals surface area contributed by atoms with Crippen LogP contribution in [0.25, 0.3) is 0 Å². The number of hydrogen-bond acceptors (Lipinski definition) is 1. The zero-order valence-electron chi connectivity index (χ0n) is 11.4. The SMILES string of the molecule is Cc1ccc(NC(=O)Nc2ccc(C)cc2C)cc1. The Morgan fingerprint density at radius 1 is 0.842 bits per heavy atom. The van der Waals surface area contributed by atoms with Crippen molar-refractivity contribution in [3.05, 3.63) is 59.2 Å². The number of rotatable bonds is 2. The highest BCUT2D eigenvalue weighted by Gasteiger charge is 2.04. The predicted octanol–water partition coefficient (Wildman–Crippen LogP) is 4.26. The molecular weight excluding hydrogens is 236 g/mol. The van der Waals surface area contributed by atoms with E-state index in [9.17, 15) is 4.79 Å². The van der Waals surface area contributed by atoms with Crippen LogP contribution in [-0.2, 0) is 0 Å². The summed E-state index contributed by atoms with van der Waals surface area (Å²) < 4.78 is 0. The molecule has 0 heterocycles. The van der Waals surface area contributed by atoms with Gasteiger partial charge in [0.15, 0.2) is 0 Å². The molecule has 2 rings (SSSR count). The summed E-state index contributed by atoms with van der Waals surface area (Å²) in [4.78, 5) is 11.9. The molecule has 0 aromatic heterocycles. The standard InChI is InChI=1S/C16H18N2O/c1-11-4-7-14(8-5-11)17-16(19)18-15-9-6-12(2)10-13(15)3/h4-10H,1-3H3,(H2,17,18,19). The second kappa shape index (κ2) is 5.57.